The number of carbonyl (C=O) groups is 1. The maximum absolute atomic E-state index is 12.4. The minimum Gasteiger partial charge on any atom is -0.469 e. The quantitative estimate of drug-likeness (QED) is 0.677. The minimum absolute atomic E-state index is 0.000523. The van der Waals surface area contributed by atoms with Gasteiger partial charge in [0, 0.05) is 12.6 Å². The zero-order chi connectivity index (χ0) is 13.8. The topological polar surface area (TPSA) is 64.1 Å². The Hall–Kier alpha value is -1.57. The fourth-order valence-corrected chi connectivity index (χ4v) is 1.21. The first-order valence-corrected chi connectivity index (χ1v) is 5.13. The van der Waals surface area contributed by atoms with Crippen molar-refractivity contribution in [1.29, 1.82) is 0 Å². The molecule has 0 saturated carbocycles. The van der Waals surface area contributed by atoms with Crippen LogP contribution in [-0.2, 0) is 15.7 Å². The Morgan fingerprint density at radius 2 is 2.17 bits per heavy atom. The number of hydrogen-bond donors (Lipinski definition) is 1. The highest BCUT2D eigenvalue weighted by molar-refractivity contribution is 6.29. The molecule has 5 nitrogen and oxygen atoms in total. The summed E-state index contributed by atoms with van der Waals surface area (Å²) in [5.74, 6) is -1.93. The maximum Gasteiger partial charge on any atom is 0.451 e. The van der Waals surface area contributed by atoms with E-state index in [0.717, 1.165) is 6.07 Å². The number of esters is 1. The van der Waals surface area contributed by atoms with Gasteiger partial charge in [-0.25, -0.2) is 9.97 Å². The molecule has 0 amide bonds. The zero-order valence-electron chi connectivity index (χ0n) is 9.21. The van der Waals surface area contributed by atoms with Gasteiger partial charge >= 0.3 is 12.1 Å². The molecule has 0 aliphatic carbocycles. The van der Waals surface area contributed by atoms with Gasteiger partial charge < -0.3 is 10.1 Å². The van der Waals surface area contributed by atoms with Crippen molar-refractivity contribution in [3.63, 3.8) is 0 Å². The molecular weight excluding hydrogens is 275 g/mol. The largest absolute Gasteiger partial charge is 0.469 e. The third-order valence-electron chi connectivity index (χ3n) is 1.81. The lowest BCUT2D eigenvalue weighted by Crippen LogP contribution is -2.15. The Balaban J connectivity index is 2.72. The van der Waals surface area contributed by atoms with Crippen LogP contribution in [0.3, 0.4) is 0 Å². The first kappa shape index (κ1) is 14.5. The molecule has 0 radical (unpaired) electrons. The fraction of sp³-hybridized carbons (Fsp3) is 0.444. The molecule has 9 heteroatoms. The molecule has 0 bridgehead atoms. The number of rotatable bonds is 4. The average Bonchev–Trinajstić information content (AvgIpc) is 2.27. The van der Waals surface area contributed by atoms with Gasteiger partial charge in [0.05, 0.1) is 13.5 Å². The first-order valence-electron chi connectivity index (χ1n) is 4.75. The summed E-state index contributed by atoms with van der Waals surface area (Å²) in [7, 11) is 1.21. The number of hydrogen-bond acceptors (Lipinski definition) is 5. The van der Waals surface area contributed by atoms with Crippen LogP contribution in [0, 0.1) is 0 Å². The molecule has 0 saturated heterocycles. The molecule has 1 aromatic heterocycles. The second-order valence-electron chi connectivity index (χ2n) is 3.15. The van der Waals surface area contributed by atoms with Crippen molar-refractivity contribution in [3.05, 3.63) is 17.0 Å². The number of nitrogens with zero attached hydrogens (tertiary/aromatic N) is 2. The van der Waals surface area contributed by atoms with Crippen molar-refractivity contribution in [1.82, 2.24) is 9.97 Å². The lowest BCUT2D eigenvalue weighted by molar-refractivity contribution is -0.145. The Kier molecular flexibility index (Phi) is 4.71. The Labute approximate surface area is 105 Å². The summed E-state index contributed by atoms with van der Waals surface area (Å²) in [6, 6.07) is 1.13. The summed E-state index contributed by atoms with van der Waals surface area (Å²) in [5.41, 5.74) is 0. The third kappa shape index (κ3) is 4.36. The van der Waals surface area contributed by atoms with Crippen LogP contribution in [0.1, 0.15) is 12.2 Å². The molecule has 0 fully saturated rings. The van der Waals surface area contributed by atoms with Gasteiger partial charge in [0.15, 0.2) is 0 Å². The lowest BCUT2D eigenvalue weighted by atomic mass is 10.4. The van der Waals surface area contributed by atoms with Gasteiger partial charge in [-0.05, 0) is 0 Å². The maximum atomic E-state index is 12.4. The van der Waals surface area contributed by atoms with Crippen molar-refractivity contribution >= 4 is 23.4 Å². The SMILES string of the molecule is COC(=O)CCNc1cc(Cl)nc(C(F)(F)F)n1. The van der Waals surface area contributed by atoms with Crippen LogP contribution in [0.4, 0.5) is 19.0 Å². The minimum atomic E-state index is -4.68. The number of carbonyl (C=O) groups excluding carboxylic acids is 1. The van der Waals surface area contributed by atoms with Gasteiger partial charge in [0.1, 0.15) is 11.0 Å². The normalized spacial score (nSPS) is 11.2. The van der Waals surface area contributed by atoms with Crippen molar-refractivity contribution < 1.29 is 22.7 Å². The van der Waals surface area contributed by atoms with Crippen molar-refractivity contribution in [3.8, 4) is 0 Å². The van der Waals surface area contributed by atoms with E-state index in [9.17, 15) is 18.0 Å². The molecule has 18 heavy (non-hydrogen) atoms. The second-order valence-corrected chi connectivity index (χ2v) is 3.54. The van der Waals surface area contributed by atoms with Crippen molar-refractivity contribution in [2.75, 3.05) is 19.0 Å². The van der Waals surface area contributed by atoms with E-state index in [1.54, 1.807) is 0 Å². The smallest absolute Gasteiger partial charge is 0.451 e. The molecular formula is C9H9ClF3N3O2. The monoisotopic (exact) mass is 283 g/mol. The van der Waals surface area contributed by atoms with E-state index in [2.05, 4.69) is 20.0 Å². The molecule has 0 aromatic carbocycles. The van der Waals surface area contributed by atoms with Crippen molar-refractivity contribution in [2.24, 2.45) is 0 Å². The van der Waals surface area contributed by atoms with Gasteiger partial charge in [-0.15, -0.1) is 0 Å². The third-order valence-corrected chi connectivity index (χ3v) is 2.00. The van der Waals surface area contributed by atoms with Crippen LogP contribution in [0.2, 0.25) is 5.15 Å². The summed E-state index contributed by atoms with van der Waals surface area (Å²) >= 11 is 5.44. The van der Waals surface area contributed by atoms with Crippen LogP contribution in [0.15, 0.2) is 6.07 Å². The highest BCUT2D eigenvalue weighted by Crippen LogP contribution is 2.28. The molecule has 0 aliphatic rings. The summed E-state index contributed by atoms with van der Waals surface area (Å²) in [6.45, 7) is 0.0807. The summed E-state index contributed by atoms with van der Waals surface area (Å²) in [4.78, 5) is 17.1. The van der Waals surface area contributed by atoms with Gasteiger partial charge in [0.2, 0.25) is 5.82 Å². The second kappa shape index (κ2) is 5.85. The van der Waals surface area contributed by atoms with E-state index in [1.807, 2.05) is 0 Å². The molecule has 1 aromatic rings. The standard InChI is InChI=1S/C9H9ClF3N3O2/c1-18-7(17)2-3-14-6-4-5(10)15-8(16-6)9(11,12)13/h4H,2-3H2,1H3,(H,14,15,16). The number of methoxy groups -OCH3 is 1. The highest BCUT2D eigenvalue weighted by Gasteiger charge is 2.35. The fourth-order valence-electron chi connectivity index (χ4n) is 1.03. The highest BCUT2D eigenvalue weighted by atomic mass is 35.5. The van der Waals surface area contributed by atoms with Gasteiger partial charge in [0.25, 0.3) is 0 Å². The van der Waals surface area contributed by atoms with E-state index in [0.29, 0.717) is 0 Å². The summed E-state index contributed by atoms with van der Waals surface area (Å²) in [5, 5.41) is 2.19. The molecule has 0 unspecified atom stereocenters. The predicted octanol–water partition coefficient (Wildman–Crippen LogP) is 2.12. The molecule has 0 aliphatic heterocycles. The van der Waals surface area contributed by atoms with E-state index >= 15 is 0 Å². The van der Waals surface area contributed by atoms with E-state index in [1.165, 1.54) is 7.11 Å². The van der Waals surface area contributed by atoms with Gasteiger partial charge in [-0.2, -0.15) is 13.2 Å². The van der Waals surface area contributed by atoms with E-state index < -0.39 is 18.0 Å². The van der Waals surface area contributed by atoms with Gasteiger partial charge in [-0.1, -0.05) is 11.6 Å². The predicted molar refractivity (Wildman–Crippen MR) is 57.2 cm³/mol. The van der Waals surface area contributed by atoms with Crippen LogP contribution in [-0.4, -0.2) is 29.6 Å². The number of halogens is 4. The molecule has 100 valence electrons. The van der Waals surface area contributed by atoms with Gasteiger partial charge in [-0.3, -0.25) is 4.79 Å². The number of ether oxygens (including phenoxy) is 1. The Morgan fingerprint density at radius 1 is 1.50 bits per heavy atom. The van der Waals surface area contributed by atoms with E-state index in [4.69, 9.17) is 11.6 Å². The zero-order valence-corrected chi connectivity index (χ0v) is 9.97. The molecule has 0 atom stereocenters. The first-order chi connectivity index (χ1) is 8.32. The molecule has 0 spiro atoms. The van der Waals surface area contributed by atoms with Crippen LogP contribution in [0.5, 0.6) is 0 Å². The molecule has 1 rings (SSSR count). The van der Waals surface area contributed by atoms with Crippen LogP contribution in [0.25, 0.3) is 0 Å². The molecule has 1 N–H and O–H groups in total. The number of nitrogens with one attached hydrogen (secondary N) is 1. The Bertz CT molecular complexity index is 440. The van der Waals surface area contributed by atoms with Crippen LogP contribution < -0.4 is 5.32 Å². The van der Waals surface area contributed by atoms with Crippen molar-refractivity contribution in [2.45, 2.75) is 12.6 Å². The number of anilines is 1. The number of aromatic nitrogens is 2. The summed E-state index contributed by atoms with van der Waals surface area (Å²) < 4.78 is 41.5. The average molecular weight is 284 g/mol. The lowest BCUT2D eigenvalue weighted by Gasteiger charge is -2.09. The number of alkyl halides is 3. The van der Waals surface area contributed by atoms with E-state index in [-0.39, 0.29) is 23.9 Å². The summed E-state index contributed by atoms with van der Waals surface area (Å²) in [6.07, 6.45) is -4.68. The molecule has 1 heterocycles. The Morgan fingerprint density at radius 3 is 2.72 bits per heavy atom. The van der Waals surface area contributed by atoms with Crippen LogP contribution >= 0.6 is 11.6 Å².